The molecule has 0 unspecified atom stereocenters. The molecule has 3 N–H and O–H groups in total. The van der Waals surface area contributed by atoms with Gasteiger partial charge in [0.1, 0.15) is 11.5 Å². The fourth-order valence-corrected chi connectivity index (χ4v) is 2.31. The van der Waals surface area contributed by atoms with Crippen molar-refractivity contribution in [1.82, 2.24) is 10.7 Å². The van der Waals surface area contributed by atoms with E-state index in [0.29, 0.717) is 36.5 Å². The Bertz CT molecular complexity index is 685. The predicted molar refractivity (Wildman–Crippen MR) is 88.8 cm³/mol. The predicted octanol–water partition coefficient (Wildman–Crippen LogP) is 0.578. The second-order valence-electron chi connectivity index (χ2n) is 5.31. The van der Waals surface area contributed by atoms with Crippen molar-refractivity contribution in [2.45, 2.75) is 26.2 Å². The number of hydrazone groups is 1. The lowest BCUT2D eigenvalue weighted by molar-refractivity contribution is -0.121. The maximum atomic E-state index is 12.0. The topological polar surface area (TPSA) is 109 Å². The number of rotatable bonds is 6. The minimum absolute atomic E-state index is 0.156. The largest absolute Gasteiger partial charge is 0.496 e. The van der Waals surface area contributed by atoms with Crippen LogP contribution < -0.4 is 20.8 Å². The monoisotopic (exact) mass is 332 g/mol. The van der Waals surface area contributed by atoms with Crippen LogP contribution in [0.25, 0.3) is 0 Å². The van der Waals surface area contributed by atoms with Gasteiger partial charge in [0, 0.05) is 32.0 Å². The molecule has 0 saturated carbocycles. The van der Waals surface area contributed by atoms with Crippen molar-refractivity contribution in [1.29, 1.82) is 0 Å². The molecule has 0 aliphatic carbocycles. The average Bonchev–Trinajstić information content (AvgIpc) is 2.55. The van der Waals surface area contributed by atoms with E-state index in [2.05, 4.69) is 21.2 Å². The third-order valence-corrected chi connectivity index (χ3v) is 3.45. The van der Waals surface area contributed by atoms with E-state index in [0.717, 1.165) is 5.56 Å². The molecular formula is C16H20N4O4. The molecule has 8 heteroatoms. The number of carbonyl (C=O) groups is 3. The van der Waals surface area contributed by atoms with Crippen LogP contribution in [0.1, 0.15) is 25.3 Å². The molecule has 128 valence electrons. The first-order valence-corrected chi connectivity index (χ1v) is 7.57. The highest BCUT2D eigenvalue weighted by atomic mass is 16.5. The Balaban J connectivity index is 1.94. The van der Waals surface area contributed by atoms with Crippen molar-refractivity contribution in [2.24, 2.45) is 5.10 Å². The van der Waals surface area contributed by atoms with Crippen LogP contribution in [0.4, 0.5) is 5.69 Å². The number of methoxy groups -OCH3 is 1. The van der Waals surface area contributed by atoms with E-state index in [1.165, 1.54) is 6.92 Å². The number of ether oxygens (including phenoxy) is 1. The van der Waals surface area contributed by atoms with Gasteiger partial charge in [-0.2, -0.15) is 5.10 Å². The van der Waals surface area contributed by atoms with Crippen LogP contribution >= 0.6 is 0 Å². The second kappa shape index (κ2) is 8.09. The van der Waals surface area contributed by atoms with Crippen LogP contribution in [0.3, 0.4) is 0 Å². The molecule has 1 aliphatic heterocycles. The average molecular weight is 332 g/mol. The van der Waals surface area contributed by atoms with E-state index in [9.17, 15) is 14.4 Å². The van der Waals surface area contributed by atoms with E-state index in [-0.39, 0.29) is 24.1 Å². The normalized spacial score (nSPS) is 13.6. The van der Waals surface area contributed by atoms with E-state index in [1.807, 2.05) is 6.07 Å². The molecule has 1 aromatic rings. The zero-order valence-electron chi connectivity index (χ0n) is 13.6. The molecule has 0 saturated heterocycles. The van der Waals surface area contributed by atoms with E-state index < -0.39 is 0 Å². The van der Waals surface area contributed by atoms with Gasteiger partial charge in [-0.15, -0.1) is 0 Å². The molecule has 1 aromatic carbocycles. The Morgan fingerprint density at radius 2 is 2.12 bits per heavy atom. The number of nitrogens with one attached hydrogen (secondary N) is 3. The van der Waals surface area contributed by atoms with E-state index in [4.69, 9.17) is 4.74 Å². The summed E-state index contributed by atoms with van der Waals surface area (Å²) < 4.78 is 5.29. The molecular weight excluding hydrogens is 312 g/mol. The fraction of sp³-hybridized carbons (Fsp3) is 0.375. The maximum absolute atomic E-state index is 12.0. The van der Waals surface area contributed by atoms with Crippen LogP contribution in [0, 0.1) is 0 Å². The Hall–Kier alpha value is -2.90. The third kappa shape index (κ3) is 4.80. The molecule has 0 fully saturated rings. The zero-order valence-corrected chi connectivity index (χ0v) is 13.6. The first-order valence-electron chi connectivity index (χ1n) is 7.57. The minimum atomic E-state index is -0.299. The summed E-state index contributed by atoms with van der Waals surface area (Å²) in [6.07, 6.45) is 1.12. The van der Waals surface area contributed by atoms with Gasteiger partial charge in [0.15, 0.2) is 0 Å². The molecule has 1 heterocycles. The van der Waals surface area contributed by atoms with Crippen molar-refractivity contribution in [2.75, 3.05) is 19.0 Å². The molecule has 24 heavy (non-hydrogen) atoms. The van der Waals surface area contributed by atoms with Gasteiger partial charge in [0.05, 0.1) is 7.11 Å². The van der Waals surface area contributed by atoms with Gasteiger partial charge in [-0.1, -0.05) is 0 Å². The molecule has 0 radical (unpaired) electrons. The van der Waals surface area contributed by atoms with Crippen LogP contribution in [0.15, 0.2) is 23.3 Å². The molecule has 0 aromatic heterocycles. The lowest BCUT2D eigenvalue weighted by Crippen LogP contribution is -2.37. The summed E-state index contributed by atoms with van der Waals surface area (Å²) in [6.45, 7) is 1.82. The molecule has 1 aliphatic rings. The first kappa shape index (κ1) is 17.5. The van der Waals surface area contributed by atoms with Gasteiger partial charge in [-0.25, -0.2) is 5.43 Å². The summed E-state index contributed by atoms with van der Waals surface area (Å²) in [6, 6.07) is 5.33. The summed E-state index contributed by atoms with van der Waals surface area (Å²) in [5.41, 5.74) is 4.14. The molecule has 3 amide bonds. The van der Waals surface area contributed by atoms with Crippen molar-refractivity contribution >= 4 is 29.1 Å². The summed E-state index contributed by atoms with van der Waals surface area (Å²) in [5.74, 6) is 0.0375. The summed E-state index contributed by atoms with van der Waals surface area (Å²) in [7, 11) is 1.56. The number of benzene rings is 1. The van der Waals surface area contributed by atoms with Crippen LogP contribution in [0.5, 0.6) is 5.75 Å². The quantitative estimate of drug-likeness (QED) is 0.708. The number of amides is 3. The van der Waals surface area contributed by atoms with Crippen molar-refractivity contribution in [3.05, 3.63) is 23.8 Å². The number of anilines is 1. The summed E-state index contributed by atoms with van der Waals surface area (Å²) >= 11 is 0. The molecule has 0 bridgehead atoms. The van der Waals surface area contributed by atoms with Gasteiger partial charge >= 0.3 is 0 Å². The SMILES string of the molecule is COc1ccc(NC(C)=O)cc1CCNC(=O)C1=NNC(=O)CC1. The highest BCUT2D eigenvalue weighted by molar-refractivity contribution is 6.39. The Morgan fingerprint density at radius 3 is 2.75 bits per heavy atom. The molecule has 2 rings (SSSR count). The maximum Gasteiger partial charge on any atom is 0.267 e. The van der Waals surface area contributed by atoms with E-state index >= 15 is 0 Å². The van der Waals surface area contributed by atoms with Gasteiger partial charge in [-0.3, -0.25) is 14.4 Å². The summed E-state index contributed by atoms with van der Waals surface area (Å²) in [5, 5.41) is 9.22. The second-order valence-corrected chi connectivity index (χ2v) is 5.31. The summed E-state index contributed by atoms with van der Waals surface area (Å²) in [4.78, 5) is 34.1. The van der Waals surface area contributed by atoms with Gasteiger partial charge in [0.2, 0.25) is 11.8 Å². The Kier molecular flexibility index (Phi) is 5.89. The number of hydrogen-bond acceptors (Lipinski definition) is 5. The van der Waals surface area contributed by atoms with Gasteiger partial charge in [0.25, 0.3) is 5.91 Å². The van der Waals surface area contributed by atoms with Gasteiger partial charge in [-0.05, 0) is 30.2 Å². The zero-order chi connectivity index (χ0) is 17.5. The lowest BCUT2D eigenvalue weighted by atomic mass is 10.1. The highest BCUT2D eigenvalue weighted by Gasteiger charge is 2.17. The van der Waals surface area contributed by atoms with Crippen LogP contribution in [0.2, 0.25) is 0 Å². The smallest absolute Gasteiger partial charge is 0.267 e. The van der Waals surface area contributed by atoms with Crippen molar-refractivity contribution in [3.8, 4) is 5.75 Å². The fourth-order valence-electron chi connectivity index (χ4n) is 2.31. The van der Waals surface area contributed by atoms with Crippen LogP contribution in [-0.2, 0) is 20.8 Å². The Morgan fingerprint density at radius 1 is 1.33 bits per heavy atom. The highest BCUT2D eigenvalue weighted by Crippen LogP contribution is 2.23. The lowest BCUT2D eigenvalue weighted by Gasteiger charge is -2.13. The van der Waals surface area contributed by atoms with Crippen molar-refractivity contribution < 1.29 is 19.1 Å². The molecule has 0 spiro atoms. The standard InChI is InChI=1S/C16H20N4O4/c1-10(21)18-12-3-5-14(24-2)11(9-12)7-8-17-16(23)13-4-6-15(22)20-19-13/h3,5,9H,4,6-8H2,1-2H3,(H,17,23)(H,18,21)(H,20,22). The molecule has 0 atom stereocenters. The number of carbonyl (C=O) groups excluding carboxylic acids is 3. The van der Waals surface area contributed by atoms with Crippen LogP contribution in [-0.4, -0.2) is 37.1 Å². The first-order chi connectivity index (χ1) is 11.5. The van der Waals surface area contributed by atoms with Crippen molar-refractivity contribution in [3.63, 3.8) is 0 Å². The van der Waals surface area contributed by atoms with Gasteiger partial charge < -0.3 is 15.4 Å². The number of nitrogens with zero attached hydrogens (tertiary/aromatic N) is 1. The molecule has 8 nitrogen and oxygen atoms in total. The third-order valence-electron chi connectivity index (χ3n) is 3.45. The van der Waals surface area contributed by atoms with E-state index in [1.54, 1.807) is 19.2 Å². The minimum Gasteiger partial charge on any atom is -0.496 e. The number of hydrogen-bond donors (Lipinski definition) is 3. The Labute approximate surface area is 139 Å².